The lowest BCUT2D eigenvalue weighted by Crippen LogP contribution is -1.57. The van der Waals surface area contributed by atoms with Crippen molar-refractivity contribution >= 4 is 37.0 Å². The van der Waals surface area contributed by atoms with Crippen LogP contribution in [0.15, 0.2) is 25.3 Å². The second-order valence-electron chi connectivity index (χ2n) is 1.49. The molecule has 0 N–H and O–H groups in total. The van der Waals surface area contributed by atoms with Crippen LogP contribution in [0.3, 0.4) is 0 Å². The molecule has 0 fully saturated rings. The monoisotopic (exact) mass is 210 g/mol. The Morgan fingerprint density at radius 2 is 1.27 bits per heavy atom. The van der Waals surface area contributed by atoms with Gasteiger partial charge in [-0.25, -0.2) is 0 Å². The smallest absolute Gasteiger partial charge is 0.0107 e. The molecule has 0 amide bonds. The molecule has 0 aromatic rings. The third kappa shape index (κ3) is 37.3. The molecule has 0 heterocycles. The molecule has 3 heteroatoms. The van der Waals surface area contributed by atoms with Crippen molar-refractivity contribution in [2.24, 2.45) is 0 Å². The van der Waals surface area contributed by atoms with Crippen LogP contribution in [-0.2, 0) is 0 Å². The van der Waals surface area contributed by atoms with E-state index in [9.17, 15) is 0 Å². The van der Waals surface area contributed by atoms with Crippen molar-refractivity contribution in [1.82, 2.24) is 0 Å². The van der Waals surface area contributed by atoms with E-state index in [1.54, 1.807) is 23.5 Å². The maximum Gasteiger partial charge on any atom is 0.0107 e. The van der Waals surface area contributed by atoms with Gasteiger partial charge in [-0.2, -0.15) is 37.0 Å². The average molecular weight is 210 g/mol. The zero-order valence-corrected chi connectivity index (χ0v) is 9.93. The summed E-state index contributed by atoms with van der Waals surface area (Å²) >= 11 is 3.57. The number of hydrogen-bond donors (Lipinski definition) is 0. The fourth-order valence-corrected chi connectivity index (χ4v) is 0.707. The standard InChI is InChI=1S/2C4H8S.H2S/c2*1-3-4-5-2;/h2*3H,1,4H2,2H3;1H2. The molecule has 68 valence electrons. The van der Waals surface area contributed by atoms with Gasteiger partial charge in [0, 0.05) is 11.5 Å². The zero-order chi connectivity index (χ0) is 8.24. The van der Waals surface area contributed by atoms with Gasteiger partial charge in [0.15, 0.2) is 0 Å². The van der Waals surface area contributed by atoms with E-state index >= 15 is 0 Å². The molecule has 0 aromatic heterocycles. The Hall–Kier alpha value is 0.530. The molecule has 11 heavy (non-hydrogen) atoms. The van der Waals surface area contributed by atoms with Gasteiger partial charge in [0.1, 0.15) is 0 Å². The van der Waals surface area contributed by atoms with E-state index in [0.717, 1.165) is 11.5 Å². The molecule has 0 atom stereocenters. The maximum atomic E-state index is 3.53. The summed E-state index contributed by atoms with van der Waals surface area (Å²) < 4.78 is 0. The molecule has 0 rings (SSSR count). The molecule has 0 saturated heterocycles. The van der Waals surface area contributed by atoms with Crippen LogP contribution in [-0.4, -0.2) is 24.0 Å². The Morgan fingerprint density at radius 1 is 1.00 bits per heavy atom. The highest BCUT2D eigenvalue weighted by molar-refractivity contribution is 7.98. The predicted octanol–water partition coefficient (Wildman–Crippen LogP) is 3.18. The summed E-state index contributed by atoms with van der Waals surface area (Å²) in [4.78, 5) is 0. The Morgan fingerprint density at radius 3 is 1.27 bits per heavy atom. The van der Waals surface area contributed by atoms with Crippen molar-refractivity contribution in [1.29, 1.82) is 0 Å². The molecule has 0 bridgehead atoms. The van der Waals surface area contributed by atoms with E-state index in [-0.39, 0.29) is 13.5 Å². The minimum Gasteiger partial charge on any atom is -0.197 e. The molecule has 0 saturated carbocycles. The van der Waals surface area contributed by atoms with E-state index < -0.39 is 0 Å². The first-order valence-corrected chi connectivity index (χ1v) is 5.81. The summed E-state index contributed by atoms with van der Waals surface area (Å²) in [6.45, 7) is 7.06. The molecular weight excluding hydrogens is 192 g/mol. The molecule has 0 aromatic carbocycles. The molecule has 0 spiro atoms. The minimum atomic E-state index is 0. The molecule has 0 aliphatic rings. The summed E-state index contributed by atoms with van der Waals surface area (Å²) in [6, 6.07) is 0. The first-order valence-electron chi connectivity index (χ1n) is 3.03. The van der Waals surface area contributed by atoms with Crippen molar-refractivity contribution in [3.8, 4) is 0 Å². The second kappa shape index (κ2) is 22.4. The maximum absolute atomic E-state index is 3.53. The molecular formula is C8H18S3. The van der Waals surface area contributed by atoms with Crippen LogP contribution >= 0.6 is 37.0 Å². The van der Waals surface area contributed by atoms with E-state index in [0.29, 0.717) is 0 Å². The lowest BCUT2D eigenvalue weighted by Gasteiger charge is -1.74. The lowest BCUT2D eigenvalue weighted by atomic mass is 10.8. The van der Waals surface area contributed by atoms with Crippen LogP contribution in [0.2, 0.25) is 0 Å². The second-order valence-corrected chi connectivity index (χ2v) is 3.31. The number of thioether (sulfide) groups is 2. The van der Waals surface area contributed by atoms with Gasteiger partial charge in [0.2, 0.25) is 0 Å². The highest BCUT2D eigenvalue weighted by atomic mass is 32.2. The Bertz CT molecular complexity index is 61.7. The first kappa shape index (κ1) is 17.6. The number of rotatable bonds is 4. The van der Waals surface area contributed by atoms with Crippen LogP contribution in [0.4, 0.5) is 0 Å². The van der Waals surface area contributed by atoms with Gasteiger partial charge in [-0.15, -0.1) is 13.2 Å². The van der Waals surface area contributed by atoms with E-state index in [1.165, 1.54) is 0 Å². The van der Waals surface area contributed by atoms with Crippen LogP contribution in [0.25, 0.3) is 0 Å². The van der Waals surface area contributed by atoms with Crippen LogP contribution in [0, 0.1) is 0 Å². The summed E-state index contributed by atoms with van der Waals surface area (Å²) in [6.07, 6.45) is 7.90. The van der Waals surface area contributed by atoms with Crippen LogP contribution in [0.1, 0.15) is 0 Å². The van der Waals surface area contributed by atoms with Crippen LogP contribution in [0.5, 0.6) is 0 Å². The van der Waals surface area contributed by atoms with Gasteiger partial charge in [-0.05, 0) is 12.5 Å². The van der Waals surface area contributed by atoms with Gasteiger partial charge in [-0.1, -0.05) is 12.2 Å². The minimum absolute atomic E-state index is 0. The third-order valence-corrected chi connectivity index (χ3v) is 1.71. The molecule has 0 aliphatic heterocycles. The fraction of sp³-hybridized carbons (Fsp3) is 0.500. The highest BCUT2D eigenvalue weighted by Gasteiger charge is 1.61. The van der Waals surface area contributed by atoms with E-state index in [1.807, 2.05) is 12.2 Å². The van der Waals surface area contributed by atoms with Crippen molar-refractivity contribution in [3.63, 3.8) is 0 Å². The first-order chi connectivity index (χ1) is 4.83. The third-order valence-electron chi connectivity index (χ3n) is 0.569. The van der Waals surface area contributed by atoms with Gasteiger partial charge in [0.25, 0.3) is 0 Å². The normalized spacial score (nSPS) is 6.73. The Labute approximate surface area is 86.4 Å². The largest absolute Gasteiger partial charge is 0.197 e. The zero-order valence-electron chi connectivity index (χ0n) is 7.30. The van der Waals surface area contributed by atoms with Crippen LogP contribution < -0.4 is 0 Å². The fourth-order valence-electron chi connectivity index (χ4n) is 0.236. The quantitative estimate of drug-likeness (QED) is 0.654. The summed E-state index contributed by atoms with van der Waals surface area (Å²) in [5, 5.41) is 0. The van der Waals surface area contributed by atoms with Gasteiger partial charge in [-0.3, -0.25) is 0 Å². The summed E-state index contributed by atoms with van der Waals surface area (Å²) in [5.41, 5.74) is 0. The SMILES string of the molecule is C=CCSC.C=CCSC.S. The summed E-state index contributed by atoms with van der Waals surface area (Å²) in [7, 11) is 0. The van der Waals surface area contributed by atoms with Crippen molar-refractivity contribution in [2.75, 3.05) is 24.0 Å². The Kier molecular flexibility index (Phi) is 35.8. The van der Waals surface area contributed by atoms with Gasteiger partial charge in [0.05, 0.1) is 0 Å². The highest BCUT2D eigenvalue weighted by Crippen LogP contribution is 1.87. The van der Waals surface area contributed by atoms with Gasteiger partial charge >= 0.3 is 0 Å². The number of hydrogen-bond acceptors (Lipinski definition) is 2. The topological polar surface area (TPSA) is 0 Å². The summed E-state index contributed by atoms with van der Waals surface area (Å²) in [5.74, 6) is 2.14. The predicted molar refractivity (Wildman–Crippen MR) is 67.5 cm³/mol. The molecule has 0 unspecified atom stereocenters. The van der Waals surface area contributed by atoms with E-state index in [4.69, 9.17) is 0 Å². The van der Waals surface area contributed by atoms with E-state index in [2.05, 4.69) is 25.7 Å². The van der Waals surface area contributed by atoms with Crippen molar-refractivity contribution in [2.45, 2.75) is 0 Å². The molecule has 0 nitrogen and oxygen atoms in total. The molecule has 0 radical (unpaired) electrons. The van der Waals surface area contributed by atoms with Crippen molar-refractivity contribution < 1.29 is 0 Å². The van der Waals surface area contributed by atoms with Gasteiger partial charge < -0.3 is 0 Å². The molecule has 0 aliphatic carbocycles. The lowest BCUT2D eigenvalue weighted by molar-refractivity contribution is 1.82. The van der Waals surface area contributed by atoms with Crippen molar-refractivity contribution in [3.05, 3.63) is 25.3 Å². The Balaban J connectivity index is -0.000000107. The average Bonchev–Trinajstić information content (AvgIpc) is 1.93.